The van der Waals surface area contributed by atoms with Crippen LogP contribution in [0.5, 0.6) is 0 Å². The van der Waals surface area contributed by atoms with E-state index in [0.29, 0.717) is 13.2 Å². The van der Waals surface area contributed by atoms with Gasteiger partial charge in [-0.2, -0.15) is 0 Å². The van der Waals surface area contributed by atoms with Gasteiger partial charge in [0.1, 0.15) is 0 Å². The van der Waals surface area contributed by atoms with Crippen molar-refractivity contribution < 1.29 is 9.63 Å². The molecule has 0 aromatic carbocycles. The number of carbonyl (C=O) groups is 1. The van der Waals surface area contributed by atoms with Crippen molar-refractivity contribution in [2.24, 2.45) is 0 Å². The van der Waals surface area contributed by atoms with Gasteiger partial charge in [0.25, 0.3) is 0 Å². The van der Waals surface area contributed by atoms with E-state index in [4.69, 9.17) is 4.84 Å². The van der Waals surface area contributed by atoms with E-state index in [9.17, 15) is 4.79 Å². The fraction of sp³-hybridized carbons (Fsp3) is 0.909. The highest BCUT2D eigenvalue weighted by atomic mass is 16.7. The van der Waals surface area contributed by atoms with Crippen LogP contribution in [0.4, 0.5) is 4.79 Å². The number of hydroxylamine groups is 1. The van der Waals surface area contributed by atoms with Crippen LogP contribution >= 0.6 is 0 Å². The van der Waals surface area contributed by atoms with Crippen LogP contribution in [0, 0.1) is 0 Å². The van der Waals surface area contributed by atoms with Crippen LogP contribution in [0.3, 0.4) is 0 Å². The maximum Gasteiger partial charge on any atom is 0.338 e. The SMILES string of the molecule is CCCNC(=O)NOCCN1CCCCC1. The molecule has 0 radical (unpaired) electrons. The smallest absolute Gasteiger partial charge is 0.336 e. The molecule has 1 aliphatic rings. The fourth-order valence-corrected chi connectivity index (χ4v) is 1.75. The first-order valence-corrected chi connectivity index (χ1v) is 6.21. The maximum atomic E-state index is 11.1. The molecular weight excluding hydrogens is 206 g/mol. The second-order valence-corrected chi connectivity index (χ2v) is 4.11. The number of carbonyl (C=O) groups excluding carboxylic acids is 1. The Morgan fingerprint density at radius 3 is 2.75 bits per heavy atom. The number of rotatable bonds is 6. The van der Waals surface area contributed by atoms with E-state index in [2.05, 4.69) is 15.7 Å². The lowest BCUT2D eigenvalue weighted by molar-refractivity contribution is 0.0418. The molecule has 5 nitrogen and oxygen atoms in total. The lowest BCUT2D eigenvalue weighted by Gasteiger charge is -2.25. The minimum atomic E-state index is -0.250. The largest absolute Gasteiger partial charge is 0.338 e. The van der Waals surface area contributed by atoms with E-state index in [1.807, 2.05) is 6.92 Å². The quantitative estimate of drug-likeness (QED) is 0.530. The molecule has 94 valence electrons. The molecular formula is C11H23N3O2. The first kappa shape index (κ1) is 13.3. The molecule has 2 amide bonds. The number of hydrogen-bond donors (Lipinski definition) is 2. The molecule has 0 aliphatic carbocycles. The Balaban J connectivity index is 1.92. The number of likely N-dealkylation sites (tertiary alicyclic amines) is 1. The van der Waals surface area contributed by atoms with Crippen LogP contribution in [0.15, 0.2) is 0 Å². The van der Waals surface area contributed by atoms with Crippen molar-refractivity contribution in [3.05, 3.63) is 0 Å². The molecule has 0 atom stereocenters. The molecule has 2 N–H and O–H groups in total. The summed E-state index contributed by atoms with van der Waals surface area (Å²) in [7, 11) is 0. The van der Waals surface area contributed by atoms with Crippen molar-refractivity contribution in [3.63, 3.8) is 0 Å². The van der Waals surface area contributed by atoms with E-state index < -0.39 is 0 Å². The number of amides is 2. The number of nitrogens with one attached hydrogen (secondary N) is 2. The van der Waals surface area contributed by atoms with Gasteiger partial charge in [-0.25, -0.2) is 10.3 Å². The highest BCUT2D eigenvalue weighted by molar-refractivity contribution is 5.72. The van der Waals surface area contributed by atoms with Crippen molar-refractivity contribution in [1.29, 1.82) is 0 Å². The van der Waals surface area contributed by atoms with Crippen molar-refractivity contribution >= 4 is 6.03 Å². The monoisotopic (exact) mass is 229 g/mol. The zero-order valence-corrected chi connectivity index (χ0v) is 10.1. The van der Waals surface area contributed by atoms with E-state index >= 15 is 0 Å². The molecule has 1 saturated heterocycles. The first-order valence-electron chi connectivity index (χ1n) is 6.21. The normalized spacial score (nSPS) is 17.1. The maximum absolute atomic E-state index is 11.1. The Labute approximate surface area is 97.5 Å². The second-order valence-electron chi connectivity index (χ2n) is 4.11. The van der Waals surface area contributed by atoms with Crippen LogP contribution < -0.4 is 10.8 Å². The molecule has 0 unspecified atom stereocenters. The topological polar surface area (TPSA) is 53.6 Å². The van der Waals surface area contributed by atoms with Gasteiger partial charge in [0, 0.05) is 13.1 Å². The van der Waals surface area contributed by atoms with Gasteiger partial charge in [-0.3, -0.25) is 4.84 Å². The molecule has 16 heavy (non-hydrogen) atoms. The van der Waals surface area contributed by atoms with Gasteiger partial charge in [0.15, 0.2) is 0 Å². The molecule has 0 saturated carbocycles. The summed E-state index contributed by atoms with van der Waals surface area (Å²) in [4.78, 5) is 18.6. The molecule has 0 spiro atoms. The molecule has 1 aliphatic heterocycles. The van der Waals surface area contributed by atoms with E-state index in [-0.39, 0.29) is 6.03 Å². The zero-order chi connectivity index (χ0) is 11.6. The Bertz CT molecular complexity index is 194. The Hall–Kier alpha value is -0.810. The lowest BCUT2D eigenvalue weighted by atomic mass is 10.1. The van der Waals surface area contributed by atoms with Crippen LogP contribution in [0.25, 0.3) is 0 Å². The highest BCUT2D eigenvalue weighted by Gasteiger charge is 2.09. The molecule has 0 aromatic rings. The molecule has 1 rings (SSSR count). The minimum Gasteiger partial charge on any atom is -0.336 e. The summed E-state index contributed by atoms with van der Waals surface area (Å²) in [5.41, 5.74) is 2.38. The van der Waals surface area contributed by atoms with E-state index in [1.165, 1.54) is 19.3 Å². The number of urea groups is 1. The van der Waals surface area contributed by atoms with E-state index in [1.54, 1.807) is 0 Å². The Kier molecular flexibility index (Phi) is 6.92. The van der Waals surface area contributed by atoms with Crippen molar-refractivity contribution in [3.8, 4) is 0 Å². The van der Waals surface area contributed by atoms with E-state index in [0.717, 1.165) is 26.1 Å². The predicted octanol–water partition coefficient (Wildman–Crippen LogP) is 1.11. The summed E-state index contributed by atoms with van der Waals surface area (Å²) in [6.07, 6.45) is 4.84. The molecule has 0 bridgehead atoms. The van der Waals surface area contributed by atoms with Crippen molar-refractivity contribution in [2.75, 3.05) is 32.8 Å². The van der Waals surface area contributed by atoms with Gasteiger partial charge in [0.2, 0.25) is 0 Å². The third kappa shape index (κ3) is 5.92. The molecule has 0 aromatic heterocycles. The van der Waals surface area contributed by atoms with Gasteiger partial charge in [-0.05, 0) is 32.4 Å². The van der Waals surface area contributed by atoms with Crippen molar-refractivity contribution in [1.82, 2.24) is 15.7 Å². The number of piperidine rings is 1. The standard InChI is InChI=1S/C11H23N3O2/c1-2-6-12-11(15)13-16-10-9-14-7-4-3-5-8-14/h2-10H2,1H3,(H2,12,13,15). The first-order chi connectivity index (χ1) is 7.83. The lowest BCUT2D eigenvalue weighted by Crippen LogP contribution is -2.38. The van der Waals surface area contributed by atoms with Crippen LogP contribution in [0.1, 0.15) is 32.6 Å². The number of hydrogen-bond acceptors (Lipinski definition) is 3. The summed E-state index contributed by atoms with van der Waals surface area (Å²) < 4.78 is 0. The zero-order valence-electron chi connectivity index (χ0n) is 10.1. The van der Waals surface area contributed by atoms with Gasteiger partial charge >= 0.3 is 6.03 Å². The second kappa shape index (κ2) is 8.35. The average Bonchev–Trinajstić information content (AvgIpc) is 2.33. The highest BCUT2D eigenvalue weighted by Crippen LogP contribution is 2.07. The summed E-state index contributed by atoms with van der Waals surface area (Å²) in [6.45, 7) is 6.46. The van der Waals surface area contributed by atoms with Crippen LogP contribution in [-0.4, -0.2) is 43.7 Å². The summed E-state index contributed by atoms with van der Waals surface area (Å²) >= 11 is 0. The van der Waals surface area contributed by atoms with Crippen LogP contribution in [0.2, 0.25) is 0 Å². The van der Waals surface area contributed by atoms with Gasteiger partial charge in [-0.1, -0.05) is 13.3 Å². The molecule has 5 heteroatoms. The summed E-state index contributed by atoms with van der Waals surface area (Å²) in [5.74, 6) is 0. The predicted molar refractivity (Wildman–Crippen MR) is 63.1 cm³/mol. The fourth-order valence-electron chi connectivity index (χ4n) is 1.75. The summed E-state index contributed by atoms with van der Waals surface area (Å²) in [5, 5.41) is 2.68. The Morgan fingerprint density at radius 1 is 1.31 bits per heavy atom. The minimum absolute atomic E-state index is 0.250. The van der Waals surface area contributed by atoms with Gasteiger partial charge in [-0.15, -0.1) is 0 Å². The van der Waals surface area contributed by atoms with Crippen LogP contribution in [-0.2, 0) is 4.84 Å². The molecule has 1 heterocycles. The Morgan fingerprint density at radius 2 is 2.06 bits per heavy atom. The summed E-state index contributed by atoms with van der Waals surface area (Å²) in [6, 6.07) is -0.250. The van der Waals surface area contributed by atoms with Gasteiger partial charge < -0.3 is 10.2 Å². The van der Waals surface area contributed by atoms with Crippen molar-refractivity contribution in [2.45, 2.75) is 32.6 Å². The van der Waals surface area contributed by atoms with Gasteiger partial charge in [0.05, 0.1) is 6.61 Å². The average molecular weight is 229 g/mol. The number of nitrogens with zero attached hydrogens (tertiary/aromatic N) is 1. The molecule has 1 fully saturated rings. The third-order valence-corrected chi connectivity index (χ3v) is 2.66. The third-order valence-electron chi connectivity index (χ3n) is 2.66.